The van der Waals surface area contributed by atoms with Crippen LogP contribution in [0.5, 0.6) is 17.2 Å². The molecule has 11 heteroatoms. The van der Waals surface area contributed by atoms with E-state index in [4.69, 9.17) is 18.9 Å². The molecule has 0 saturated heterocycles. The van der Waals surface area contributed by atoms with Gasteiger partial charge in [0.05, 0.1) is 34.0 Å². The van der Waals surface area contributed by atoms with Gasteiger partial charge < -0.3 is 24.3 Å². The molecule has 0 radical (unpaired) electrons. The number of aromatic nitrogens is 4. The van der Waals surface area contributed by atoms with E-state index in [1.807, 2.05) is 0 Å². The van der Waals surface area contributed by atoms with E-state index in [-0.39, 0.29) is 22.8 Å². The Morgan fingerprint density at radius 3 is 2.30 bits per heavy atom. The molecule has 0 amide bonds. The summed E-state index contributed by atoms with van der Waals surface area (Å²) in [4.78, 5) is 26.5. The molecule has 0 fully saturated rings. The molecule has 1 aromatic heterocycles. The van der Waals surface area contributed by atoms with E-state index in [9.17, 15) is 9.59 Å². The fraction of sp³-hybridized carbons (Fsp3) is 0.227. The summed E-state index contributed by atoms with van der Waals surface area (Å²) in [5.74, 6) is 0.496. The van der Waals surface area contributed by atoms with Crippen LogP contribution in [0.2, 0.25) is 0 Å². The zero-order valence-corrected chi connectivity index (χ0v) is 18.4. The second-order valence-electron chi connectivity index (χ2n) is 6.93. The Bertz CT molecular complexity index is 1230. The number of ketones is 1. The highest BCUT2D eigenvalue weighted by atomic mass is 16.5. The number of allylic oxidation sites excluding steroid dienone is 1. The Morgan fingerprint density at radius 1 is 0.939 bits per heavy atom. The molecule has 1 atom stereocenters. The van der Waals surface area contributed by atoms with E-state index in [1.54, 1.807) is 49.6 Å². The number of methoxy groups -OCH3 is 4. The van der Waals surface area contributed by atoms with Gasteiger partial charge >= 0.3 is 5.97 Å². The van der Waals surface area contributed by atoms with Crippen LogP contribution in [0.15, 0.2) is 53.7 Å². The van der Waals surface area contributed by atoms with Crippen LogP contribution in [0.3, 0.4) is 0 Å². The van der Waals surface area contributed by atoms with Crippen molar-refractivity contribution in [2.75, 3.05) is 33.8 Å². The number of anilines is 1. The van der Waals surface area contributed by atoms with E-state index in [0.717, 1.165) is 0 Å². The number of Topliss-reactive ketones (excluding diaryl/α,β-unsaturated/α-hetero) is 1. The summed E-state index contributed by atoms with van der Waals surface area (Å²) in [6.45, 7) is 0. The van der Waals surface area contributed by atoms with Gasteiger partial charge in [-0.3, -0.25) is 4.79 Å². The lowest BCUT2D eigenvalue weighted by Crippen LogP contribution is -2.33. The molecule has 0 spiro atoms. The summed E-state index contributed by atoms with van der Waals surface area (Å²) in [5, 5.41) is 14.5. The fourth-order valence-electron chi connectivity index (χ4n) is 3.62. The minimum Gasteiger partial charge on any atom is -0.497 e. The molecule has 11 nitrogen and oxygen atoms in total. The summed E-state index contributed by atoms with van der Waals surface area (Å²) in [6, 6.07) is 11.0. The monoisotopic (exact) mass is 451 g/mol. The first kappa shape index (κ1) is 21.8. The van der Waals surface area contributed by atoms with Gasteiger partial charge in [0.2, 0.25) is 5.95 Å². The highest BCUT2D eigenvalue weighted by molar-refractivity contribution is 6.15. The molecule has 3 aromatic rings. The number of hydrogen-bond donors (Lipinski definition) is 1. The Kier molecular flexibility index (Phi) is 5.94. The maximum Gasteiger partial charge on any atom is 0.355 e. The van der Waals surface area contributed by atoms with Crippen molar-refractivity contribution in [1.82, 2.24) is 20.2 Å². The maximum atomic E-state index is 13.8. The molecule has 0 unspecified atom stereocenters. The first-order valence-corrected chi connectivity index (χ1v) is 9.80. The predicted octanol–water partition coefficient (Wildman–Crippen LogP) is 2.02. The van der Waals surface area contributed by atoms with Crippen molar-refractivity contribution in [3.8, 4) is 17.2 Å². The van der Waals surface area contributed by atoms with Gasteiger partial charge in [-0.15, -0.1) is 0 Å². The van der Waals surface area contributed by atoms with E-state index in [2.05, 4.69) is 20.8 Å². The van der Waals surface area contributed by atoms with Crippen molar-refractivity contribution < 1.29 is 28.5 Å². The number of fused-ring (bicyclic) bond motifs is 1. The fourth-order valence-corrected chi connectivity index (χ4v) is 3.62. The van der Waals surface area contributed by atoms with Gasteiger partial charge in [-0.2, -0.15) is 4.68 Å². The molecular weight excluding hydrogens is 430 g/mol. The first-order valence-electron chi connectivity index (χ1n) is 9.80. The molecular formula is C22H21N5O6. The molecule has 0 bridgehead atoms. The molecule has 1 aliphatic heterocycles. The number of tetrazole rings is 1. The SMILES string of the molecule is COC(=O)C1=C(C(=O)c2ccc(OC)c(OC)c2)[C@@H](c2ccc(OC)cc2)n2nnnc2N1. The smallest absolute Gasteiger partial charge is 0.355 e. The average Bonchev–Trinajstić information content (AvgIpc) is 3.34. The van der Waals surface area contributed by atoms with Crippen molar-refractivity contribution >= 4 is 17.7 Å². The topological polar surface area (TPSA) is 127 Å². The maximum absolute atomic E-state index is 13.8. The van der Waals surface area contributed by atoms with Gasteiger partial charge in [0.15, 0.2) is 17.3 Å². The highest BCUT2D eigenvalue weighted by Crippen LogP contribution is 2.38. The molecule has 2 aromatic carbocycles. The van der Waals surface area contributed by atoms with E-state index in [0.29, 0.717) is 22.8 Å². The van der Waals surface area contributed by atoms with Crippen LogP contribution in [0.4, 0.5) is 5.95 Å². The number of ether oxygens (including phenoxy) is 4. The third kappa shape index (κ3) is 3.84. The number of benzene rings is 2. The van der Waals surface area contributed by atoms with E-state index in [1.165, 1.54) is 26.0 Å². The normalized spacial score (nSPS) is 14.7. The Morgan fingerprint density at radius 2 is 1.67 bits per heavy atom. The van der Waals surface area contributed by atoms with Gasteiger partial charge in [-0.05, 0) is 46.3 Å². The van der Waals surface area contributed by atoms with Crippen molar-refractivity contribution in [2.45, 2.75) is 6.04 Å². The van der Waals surface area contributed by atoms with Crippen molar-refractivity contribution in [3.05, 3.63) is 64.9 Å². The van der Waals surface area contributed by atoms with Crippen LogP contribution in [0, 0.1) is 0 Å². The quantitative estimate of drug-likeness (QED) is 0.421. The number of esters is 1. The summed E-state index contributed by atoms with van der Waals surface area (Å²) in [5.41, 5.74) is 0.997. The van der Waals surface area contributed by atoms with E-state index < -0.39 is 17.8 Å². The Balaban J connectivity index is 1.91. The molecule has 0 saturated carbocycles. The number of hydrogen-bond acceptors (Lipinski definition) is 10. The van der Waals surface area contributed by atoms with Crippen LogP contribution in [0.1, 0.15) is 22.0 Å². The predicted molar refractivity (Wildman–Crippen MR) is 115 cm³/mol. The molecule has 1 aliphatic rings. The molecule has 4 rings (SSSR count). The zero-order chi connectivity index (χ0) is 23.5. The largest absolute Gasteiger partial charge is 0.497 e. The molecule has 33 heavy (non-hydrogen) atoms. The van der Waals surface area contributed by atoms with Gasteiger partial charge in [0.1, 0.15) is 17.5 Å². The molecule has 0 aliphatic carbocycles. The second-order valence-corrected chi connectivity index (χ2v) is 6.93. The highest BCUT2D eigenvalue weighted by Gasteiger charge is 2.38. The van der Waals surface area contributed by atoms with Crippen molar-refractivity contribution in [3.63, 3.8) is 0 Å². The minimum absolute atomic E-state index is 0.0552. The number of rotatable bonds is 7. The summed E-state index contributed by atoms with van der Waals surface area (Å²) < 4.78 is 22.2. The van der Waals surface area contributed by atoms with Crippen molar-refractivity contribution in [2.24, 2.45) is 0 Å². The van der Waals surface area contributed by atoms with Crippen LogP contribution in [0.25, 0.3) is 0 Å². The standard InChI is InChI=1S/C22H21N5O6/c1-30-14-8-5-12(6-9-14)19-17(18(21(29)33-4)23-22-24-25-26-27(19)22)20(28)13-7-10-15(31-2)16(11-13)32-3/h5-11,19H,1-4H3,(H,23,24,26)/t19-/m1/s1. The summed E-state index contributed by atoms with van der Waals surface area (Å²) >= 11 is 0. The number of nitrogens with one attached hydrogen (secondary N) is 1. The third-order valence-corrected chi connectivity index (χ3v) is 5.23. The Hall–Kier alpha value is -4.41. The summed E-state index contributed by atoms with van der Waals surface area (Å²) in [7, 11) is 5.76. The van der Waals surface area contributed by atoms with E-state index >= 15 is 0 Å². The summed E-state index contributed by atoms with van der Waals surface area (Å²) in [6.07, 6.45) is 0. The lowest BCUT2D eigenvalue weighted by atomic mass is 9.89. The van der Waals surface area contributed by atoms with Gasteiger partial charge in [0.25, 0.3) is 0 Å². The third-order valence-electron chi connectivity index (χ3n) is 5.23. The average molecular weight is 451 g/mol. The van der Waals surface area contributed by atoms with Crippen molar-refractivity contribution in [1.29, 1.82) is 0 Å². The lowest BCUT2D eigenvalue weighted by molar-refractivity contribution is -0.136. The zero-order valence-electron chi connectivity index (χ0n) is 18.4. The van der Waals surface area contributed by atoms with Crippen LogP contribution in [-0.4, -0.2) is 60.4 Å². The molecule has 2 heterocycles. The van der Waals surface area contributed by atoms with Gasteiger partial charge in [0, 0.05) is 5.56 Å². The van der Waals surface area contributed by atoms with Crippen LogP contribution < -0.4 is 19.5 Å². The lowest BCUT2D eigenvalue weighted by Gasteiger charge is -2.28. The number of nitrogens with zero attached hydrogens (tertiary/aromatic N) is 4. The molecule has 1 N–H and O–H groups in total. The molecule has 170 valence electrons. The van der Waals surface area contributed by atoms with Crippen LogP contribution >= 0.6 is 0 Å². The minimum atomic E-state index is -0.808. The number of carbonyl (C=O) groups is 2. The number of carbonyl (C=O) groups excluding carboxylic acids is 2. The van der Waals surface area contributed by atoms with Gasteiger partial charge in [-0.25, -0.2) is 4.79 Å². The van der Waals surface area contributed by atoms with Gasteiger partial charge in [-0.1, -0.05) is 17.2 Å². The van der Waals surface area contributed by atoms with Crippen LogP contribution in [-0.2, 0) is 9.53 Å². The first-order chi connectivity index (χ1) is 16.0. The second kappa shape index (κ2) is 8.99. The Labute approximate surface area is 188 Å².